The van der Waals surface area contributed by atoms with Gasteiger partial charge in [-0.2, -0.15) is 4.99 Å². The second-order valence-electron chi connectivity index (χ2n) is 9.89. The molecule has 0 saturated carbocycles. The fourth-order valence-corrected chi connectivity index (χ4v) is 8.38. The highest BCUT2D eigenvalue weighted by molar-refractivity contribution is 8.16. The Kier molecular flexibility index (Phi) is 8.13. The molecule has 2 aliphatic heterocycles. The molecule has 2 amide bonds. The number of nitrogens with one attached hydrogen (secondary N) is 1. The number of fused-ring (bicyclic) bond motifs is 1. The molecule has 2 aliphatic rings. The van der Waals surface area contributed by atoms with Crippen LogP contribution >= 0.6 is 35.0 Å². The summed E-state index contributed by atoms with van der Waals surface area (Å²) in [5.74, 6) is -0.663. The molecule has 0 aromatic heterocycles. The van der Waals surface area contributed by atoms with E-state index >= 15 is 0 Å². The lowest BCUT2D eigenvalue weighted by atomic mass is 10.1. The van der Waals surface area contributed by atoms with Gasteiger partial charge in [0.25, 0.3) is 5.91 Å². The second kappa shape index (κ2) is 10.8. The maximum atomic E-state index is 13.5. The fourth-order valence-electron chi connectivity index (χ4n) is 4.17. The van der Waals surface area contributed by atoms with Crippen LogP contribution in [0.25, 0.3) is 0 Å². The van der Waals surface area contributed by atoms with Gasteiger partial charge < -0.3 is 15.0 Å². The number of nitrogens with zero attached hydrogens (tertiary/aromatic N) is 2. The number of alkyl carbamates (subject to hydrolysis) is 1. The second-order valence-corrected chi connectivity index (χ2v) is 14.1. The van der Waals surface area contributed by atoms with Gasteiger partial charge in [-0.1, -0.05) is 65.3 Å². The number of anilines is 1. The molecule has 0 spiro atoms. The number of amides is 2. The Bertz CT molecular complexity index is 1330. The number of ether oxygens (including phenoxy) is 1. The number of carbonyl (C=O) groups is 2. The third-order valence-corrected chi connectivity index (χ3v) is 9.67. The molecule has 0 radical (unpaired) electrons. The average Bonchev–Trinajstić information content (AvgIpc) is 3.25. The van der Waals surface area contributed by atoms with Crippen molar-refractivity contribution in [1.82, 2.24) is 5.32 Å². The molecular weight excluding hydrogens is 557 g/mol. The molecular formula is C25H27Cl2N3O5S2. The van der Waals surface area contributed by atoms with Crippen molar-refractivity contribution in [3.8, 4) is 0 Å². The zero-order valence-corrected chi connectivity index (χ0v) is 23.6. The summed E-state index contributed by atoms with van der Waals surface area (Å²) < 4.78 is 30.1. The van der Waals surface area contributed by atoms with Gasteiger partial charge in [0.15, 0.2) is 15.0 Å². The van der Waals surface area contributed by atoms with Crippen molar-refractivity contribution < 1.29 is 22.7 Å². The van der Waals surface area contributed by atoms with Crippen LogP contribution in [-0.2, 0) is 25.8 Å². The molecule has 37 heavy (non-hydrogen) atoms. The van der Waals surface area contributed by atoms with E-state index in [4.69, 9.17) is 27.9 Å². The molecule has 2 aromatic carbocycles. The summed E-state index contributed by atoms with van der Waals surface area (Å²) in [7, 11) is -3.24. The Hall–Kier alpha value is -2.27. The van der Waals surface area contributed by atoms with Crippen molar-refractivity contribution >= 4 is 67.7 Å². The lowest BCUT2D eigenvalue weighted by molar-refractivity contribution is -0.119. The smallest absolute Gasteiger partial charge is 0.408 e. The van der Waals surface area contributed by atoms with Gasteiger partial charge in [0, 0.05) is 17.4 Å². The van der Waals surface area contributed by atoms with Crippen molar-refractivity contribution in [2.45, 2.75) is 50.1 Å². The predicted molar refractivity (Wildman–Crippen MR) is 149 cm³/mol. The number of halogens is 2. The van der Waals surface area contributed by atoms with Crippen LogP contribution in [0.5, 0.6) is 0 Å². The average molecular weight is 585 g/mol. The molecule has 2 saturated heterocycles. The highest BCUT2D eigenvalue weighted by atomic mass is 35.5. The minimum atomic E-state index is -3.24. The summed E-state index contributed by atoms with van der Waals surface area (Å²) in [6.07, 6.45) is -0.528. The summed E-state index contributed by atoms with van der Waals surface area (Å²) in [4.78, 5) is 32.1. The molecule has 2 heterocycles. The summed E-state index contributed by atoms with van der Waals surface area (Å²) in [6, 6.07) is 12.8. The van der Waals surface area contributed by atoms with Crippen LogP contribution in [0.15, 0.2) is 53.5 Å². The lowest BCUT2D eigenvalue weighted by Gasteiger charge is -2.25. The molecule has 12 heteroatoms. The largest absolute Gasteiger partial charge is 0.444 e. The van der Waals surface area contributed by atoms with E-state index in [-0.39, 0.29) is 23.2 Å². The number of thioether (sulfide) groups is 1. The monoisotopic (exact) mass is 583 g/mol. The van der Waals surface area contributed by atoms with E-state index in [1.165, 1.54) is 11.8 Å². The van der Waals surface area contributed by atoms with E-state index < -0.39 is 39.5 Å². The molecule has 2 aromatic rings. The van der Waals surface area contributed by atoms with E-state index in [2.05, 4.69) is 10.3 Å². The number of hydrogen-bond acceptors (Lipinski definition) is 6. The first kappa shape index (κ1) is 27.8. The quantitative estimate of drug-likeness (QED) is 0.542. The number of hydrogen-bond donors (Lipinski definition) is 1. The van der Waals surface area contributed by atoms with Gasteiger partial charge in [0.2, 0.25) is 0 Å². The van der Waals surface area contributed by atoms with Crippen LogP contribution in [0.1, 0.15) is 26.3 Å². The third kappa shape index (κ3) is 6.98. The third-order valence-electron chi connectivity index (χ3n) is 5.73. The summed E-state index contributed by atoms with van der Waals surface area (Å²) in [5, 5.41) is 3.35. The van der Waals surface area contributed by atoms with Crippen molar-refractivity contribution in [1.29, 1.82) is 0 Å². The maximum Gasteiger partial charge on any atom is 0.408 e. The van der Waals surface area contributed by atoms with Crippen molar-refractivity contribution in [3.63, 3.8) is 0 Å². The molecule has 1 N–H and O–H groups in total. The van der Waals surface area contributed by atoms with Crippen molar-refractivity contribution in [2.75, 3.05) is 16.4 Å². The highest BCUT2D eigenvalue weighted by Gasteiger charge is 2.49. The van der Waals surface area contributed by atoms with Gasteiger partial charge in [-0.05, 0) is 44.5 Å². The molecule has 8 nitrogen and oxygen atoms in total. The van der Waals surface area contributed by atoms with Crippen LogP contribution in [0.2, 0.25) is 10.0 Å². The standard InChI is InChI=1S/C25H27Cl2N3O5S2/c1-25(2,3)35-24(32)28-19(11-15-7-5-4-6-8-15)22(31)29-23-30(16-9-10-17(26)18(27)12-16)20-13-37(33,34)14-21(20)36-23/h4-10,12,19-21H,11,13-14H2,1-3H3,(H,28,32). The fraction of sp³-hybridized carbons (Fsp3) is 0.400. The van der Waals surface area contributed by atoms with E-state index in [9.17, 15) is 18.0 Å². The first-order valence-electron chi connectivity index (χ1n) is 11.6. The molecule has 3 atom stereocenters. The van der Waals surface area contributed by atoms with Gasteiger partial charge in [-0.25, -0.2) is 13.2 Å². The molecule has 0 bridgehead atoms. The van der Waals surface area contributed by atoms with Gasteiger partial charge in [0.1, 0.15) is 11.6 Å². The summed E-state index contributed by atoms with van der Waals surface area (Å²) >= 11 is 13.6. The first-order valence-corrected chi connectivity index (χ1v) is 15.0. The SMILES string of the molecule is CC(C)(C)OC(=O)NC(Cc1ccccc1)C(=O)N=C1SC2CS(=O)(=O)CC2N1c1ccc(Cl)c(Cl)c1. The first-order chi connectivity index (χ1) is 17.3. The van der Waals surface area contributed by atoms with Crippen LogP contribution in [0.4, 0.5) is 10.5 Å². The van der Waals surface area contributed by atoms with E-state index in [0.29, 0.717) is 20.9 Å². The number of carbonyl (C=O) groups excluding carboxylic acids is 2. The van der Waals surface area contributed by atoms with Gasteiger partial charge >= 0.3 is 6.09 Å². The molecule has 3 unspecified atom stereocenters. The molecule has 4 rings (SSSR count). The van der Waals surface area contributed by atoms with Crippen LogP contribution in [0.3, 0.4) is 0 Å². The minimum Gasteiger partial charge on any atom is -0.444 e. The Morgan fingerprint density at radius 1 is 1.14 bits per heavy atom. The summed E-state index contributed by atoms with van der Waals surface area (Å²) in [5.41, 5.74) is 0.670. The van der Waals surface area contributed by atoms with E-state index in [0.717, 1.165) is 5.56 Å². The Balaban J connectivity index is 1.66. The number of amidine groups is 1. The zero-order chi connectivity index (χ0) is 27.0. The van der Waals surface area contributed by atoms with Gasteiger partial charge in [0.05, 0.1) is 27.6 Å². The number of benzene rings is 2. The van der Waals surface area contributed by atoms with Gasteiger partial charge in [-0.15, -0.1) is 0 Å². The molecule has 198 valence electrons. The minimum absolute atomic E-state index is 0.0169. The lowest BCUT2D eigenvalue weighted by Crippen LogP contribution is -2.45. The summed E-state index contributed by atoms with van der Waals surface area (Å²) in [6.45, 7) is 5.20. The zero-order valence-electron chi connectivity index (χ0n) is 20.5. The predicted octanol–water partition coefficient (Wildman–Crippen LogP) is 4.73. The Labute approximate surface area is 230 Å². The van der Waals surface area contributed by atoms with Crippen LogP contribution in [-0.4, -0.2) is 60.0 Å². The Morgan fingerprint density at radius 3 is 2.49 bits per heavy atom. The number of aliphatic imine (C=N–C) groups is 1. The van der Waals surface area contributed by atoms with E-state index in [1.807, 2.05) is 30.3 Å². The number of sulfone groups is 1. The van der Waals surface area contributed by atoms with Gasteiger partial charge in [-0.3, -0.25) is 4.79 Å². The van der Waals surface area contributed by atoms with Crippen LogP contribution in [0, 0.1) is 0 Å². The van der Waals surface area contributed by atoms with E-state index in [1.54, 1.807) is 43.9 Å². The normalized spacial score (nSPS) is 22.5. The molecule has 2 fully saturated rings. The van der Waals surface area contributed by atoms with Crippen molar-refractivity contribution in [2.24, 2.45) is 4.99 Å². The Morgan fingerprint density at radius 2 is 1.84 bits per heavy atom. The van der Waals surface area contributed by atoms with Crippen molar-refractivity contribution in [3.05, 3.63) is 64.1 Å². The maximum absolute atomic E-state index is 13.5. The highest BCUT2D eigenvalue weighted by Crippen LogP contribution is 2.42. The molecule has 0 aliphatic carbocycles. The van der Waals surface area contributed by atoms with Crippen LogP contribution < -0.4 is 10.2 Å². The number of rotatable bonds is 5. The topological polar surface area (TPSA) is 105 Å².